The highest BCUT2D eigenvalue weighted by atomic mass is 16.6. The van der Waals surface area contributed by atoms with Gasteiger partial charge in [0.05, 0.1) is 0 Å². The van der Waals surface area contributed by atoms with E-state index in [4.69, 9.17) is 9.84 Å². The SMILES string of the molecule is CC1=CC(=O)CC2[C@@H]3C4(C)C(C[C@@H]12)OC(=O)CC4[C@@H](C)[C@@H](O)C3(O)O.O=C(O)/C=C/c1ccccc1. The van der Waals surface area contributed by atoms with E-state index in [1.807, 2.05) is 44.2 Å². The summed E-state index contributed by atoms with van der Waals surface area (Å²) in [6.07, 6.45) is 3.49. The van der Waals surface area contributed by atoms with Gasteiger partial charge in [-0.1, -0.05) is 49.8 Å². The van der Waals surface area contributed by atoms with E-state index in [0.29, 0.717) is 6.42 Å². The number of hydrogen-bond acceptors (Lipinski definition) is 7. The number of benzene rings is 1. The Balaban J connectivity index is 0.000000233. The molecule has 1 saturated heterocycles. The molecule has 194 valence electrons. The van der Waals surface area contributed by atoms with Crippen molar-refractivity contribution in [2.75, 3.05) is 0 Å². The molecule has 3 aliphatic carbocycles. The van der Waals surface area contributed by atoms with Gasteiger partial charge < -0.3 is 25.2 Å². The quantitative estimate of drug-likeness (QED) is 0.277. The van der Waals surface area contributed by atoms with Crippen molar-refractivity contribution in [3.8, 4) is 0 Å². The summed E-state index contributed by atoms with van der Waals surface area (Å²) in [4.78, 5) is 34.4. The topological polar surface area (TPSA) is 141 Å². The molecular formula is C28H34O8. The van der Waals surface area contributed by atoms with E-state index < -0.39 is 41.2 Å². The lowest BCUT2D eigenvalue weighted by atomic mass is 9.42. The van der Waals surface area contributed by atoms with Gasteiger partial charge in [-0.2, -0.15) is 0 Å². The molecule has 1 aromatic rings. The second-order valence-electron chi connectivity index (χ2n) is 10.9. The minimum atomic E-state index is -2.31. The molecule has 0 spiro atoms. The Kier molecular flexibility index (Phi) is 6.98. The van der Waals surface area contributed by atoms with Crippen molar-refractivity contribution in [1.29, 1.82) is 0 Å². The lowest BCUT2D eigenvalue weighted by molar-refractivity contribution is -0.362. The number of fused-ring (bicyclic) bond motifs is 2. The zero-order valence-electron chi connectivity index (χ0n) is 20.7. The Morgan fingerprint density at radius 1 is 1.14 bits per heavy atom. The van der Waals surface area contributed by atoms with E-state index in [1.54, 1.807) is 19.1 Å². The zero-order valence-corrected chi connectivity index (χ0v) is 20.7. The van der Waals surface area contributed by atoms with Gasteiger partial charge in [0.15, 0.2) is 11.6 Å². The van der Waals surface area contributed by atoms with Crippen molar-refractivity contribution in [3.05, 3.63) is 53.6 Å². The van der Waals surface area contributed by atoms with E-state index in [0.717, 1.165) is 17.2 Å². The molecule has 1 heterocycles. The fourth-order valence-electron chi connectivity index (χ4n) is 7.29. The molecule has 0 amide bonds. The van der Waals surface area contributed by atoms with Crippen molar-refractivity contribution in [2.45, 2.75) is 58.0 Å². The maximum atomic E-state index is 12.2. The summed E-state index contributed by atoms with van der Waals surface area (Å²) in [6, 6.07) is 9.31. The monoisotopic (exact) mass is 498 g/mol. The van der Waals surface area contributed by atoms with E-state index in [9.17, 15) is 29.7 Å². The molecule has 3 fully saturated rings. The highest BCUT2D eigenvalue weighted by Gasteiger charge is 2.71. The van der Waals surface area contributed by atoms with Crippen molar-refractivity contribution in [2.24, 2.45) is 35.0 Å². The molecule has 8 nitrogen and oxygen atoms in total. The second-order valence-corrected chi connectivity index (χ2v) is 10.9. The Bertz CT molecular complexity index is 1090. The van der Waals surface area contributed by atoms with Gasteiger partial charge in [0.2, 0.25) is 0 Å². The first-order valence-corrected chi connectivity index (χ1v) is 12.4. The van der Waals surface area contributed by atoms with Crippen LogP contribution in [0.1, 0.15) is 45.6 Å². The largest absolute Gasteiger partial charge is 0.478 e. The number of allylic oxidation sites excluding steroid dienone is 2. The lowest BCUT2D eigenvalue weighted by Gasteiger charge is -2.66. The second kappa shape index (κ2) is 9.57. The Morgan fingerprint density at radius 3 is 2.44 bits per heavy atom. The third kappa shape index (κ3) is 4.42. The molecule has 0 radical (unpaired) electrons. The summed E-state index contributed by atoms with van der Waals surface area (Å²) >= 11 is 0. The minimum absolute atomic E-state index is 0.0194. The fourth-order valence-corrected chi connectivity index (χ4v) is 7.29. The van der Waals surface area contributed by atoms with Crippen LogP contribution in [0.5, 0.6) is 0 Å². The Hall–Kier alpha value is -2.81. The summed E-state index contributed by atoms with van der Waals surface area (Å²) in [5.41, 5.74) is 1.12. The van der Waals surface area contributed by atoms with E-state index in [-0.39, 0.29) is 42.3 Å². The first kappa shape index (κ1) is 26.3. The number of carboxylic acid groups (broad SMARTS) is 1. The van der Waals surface area contributed by atoms with Gasteiger partial charge in [-0.3, -0.25) is 9.59 Å². The molecule has 8 atom stereocenters. The van der Waals surface area contributed by atoms with Crippen molar-refractivity contribution >= 4 is 23.8 Å². The number of hydrogen-bond donors (Lipinski definition) is 4. The molecule has 1 aromatic carbocycles. The van der Waals surface area contributed by atoms with E-state index in [2.05, 4.69) is 0 Å². The minimum Gasteiger partial charge on any atom is -0.478 e. The number of carboxylic acids is 1. The molecule has 2 saturated carbocycles. The van der Waals surface area contributed by atoms with Crippen LogP contribution < -0.4 is 0 Å². The number of aliphatic carboxylic acids is 1. The van der Waals surface area contributed by atoms with Crippen LogP contribution in [0.4, 0.5) is 0 Å². The van der Waals surface area contributed by atoms with Gasteiger partial charge in [0.1, 0.15) is 12.2 Å². The average Bonchev–Trinajstić information content (AvgIpc) is 2.81. The summed E-state index contributed by atoms with van der Waals surface area (Å²) < 4.78 is 5.68. The number of aliphatic hydroxyl groups excluding tert-OH is 1. The van der Waals surface area contributed by atoms with Crippen LogP contribution in [0.2, 0.25) is 0 Å². The molecular weight excluding hydrogens is 464 g/mol. The summed E-state index contributed by atoms with van der Waals surface area (Å²) in [5, 5.41) is 40.8. The maximum absolute atomic E-state index is 12.2. The van der Waals surface area contributed by atoms with E-state index >= 15 is 0 Å². The normalized spacial score (nSPS) is 38.6. The summed E-state index contributed by atoms with van der Waals surface area (Å²) in [5.74, 6) is -5.23. The van der Waals surface area contributed by atoms with Crippen molar-refractivity contribution < 1.29 is 39.5 Å². The molecule has 5 rings (SSSR count). The van der Waals surface area contributed by atoms with Gasteiger partial charge >= 0.3 is 11.9 Å². The number of carbonyl (C=O) groups is 3. The highest BCUT2D eigenvalue weighted by Crippen LogP contribution is 2.65. The van der Waals surface area contributed by atoms with E-state index in [1.165, 1.54) is 0 Å². The smallest absolute Gasteiger partial charge is 0.328 e. The molecule has 4 N–H and O–H groups in total. The maximum Gasteiger partial charge on any atom is 0.328 e. The first-order chi connectivity index (χ1) is 16.9. The summed E-state index contributed by atoms with van der Waals surface area (Å²) in [6.45, 7) is 5.58. The van der Waals surface area contributed by atoms with Crippen LogP contribution >= 0.6 is 0 Å². The van der Waals surface area contributed by atoms with Crippen molar-refractivity contribution in [3.63, 3.8) is 0 Å². The molecule has 36 heavy (non-hydrogen) atoms. The lowest BCUT2D eigenvalue weighted by Crippen LogP contribution is -2.74. The standard InChI is InChI=1S/C19H26O6.C9H8O2/c1-8-4-10(20)5-12-11(8)6-14-18(3)13(7-15(21)25-14)9(2)17(22)19(23,24)16(12)18;10-9(11)7-6-8-4-2-1-3-5-8/h4,9,11-14,16-17,22-24H,5-7H2,1-3H3;1-7H,(H,10,11)/b;7-6+/t9-,11+,12?,13?,14?,16-,17-,18?;/m1./s1. The molecule has 0 aromatic heterocycles. The van der Waals surface area contributed by atoms with Crippen LogP contribution in [0.3, 0.4) is 0 Å². The third-order valence-corrected chi connectivity index (χ3v) is 8.89. The van der Waals surface area contributed by atoms with Gasteiger partial charge in [-0.15, -0.1) is 0 Å². The van der Waals surface area contributed by atoms with Gasteiger partial charge in [-0.25, -0.2) is 4.79 Å². The Morgan fingerprint density at radius 2 is 1.81 bits per heavy atom. The van der Waals surface area contributed by atoms with Crippen LogP contribution in [-0.4, -0.2) is 56.1 Å². The third-order valence-electron chi connectivity index (χ3n) is 8.89. The van der Waals surface area contributed by atoms with Crippen LogP contribution in [0.15, 0.2) is 48.1 Å². The first-order valence-electron chi connectivity index (χ1n) is 12.4. The highest BCUT2D eigenvalue weighted by molar-refractivity contribution is 5.91. The molecule has 1 aliphatic heterocycles. The predicted molar refractivity (Wildman–Crippen MR) is 130 cm³/mol. The molecule has 4 aliphatic rings. The number of ketones is 1. The number of rotatable bonds is 2. The average molecular weight is 499 g/mol. The van der Waals surface area contributed by atoms with Crippen LogP contribution in [0.25, 0.3) is 6.08 Å². The fraction of sp³-hybridized carbons (Fsp3) is 0.536. The van der Waals surface area contributed by atoms with Gasteiger partial charge in [0, 0.05) is 30.3 Å². The number of carbonyl (C=O) groups excluding carboxylic acids is 2. The molecule has 0 bridgehead atoms. The number of aliphatic hydroxyl groups is 3. The number of esters is 1. The number of ether oxygens (including phenoxy) is 1. The zero-order chi connectivity index (χ0) is 26.4. The van der Waals surface area contributed by atoms with Crippen molar-refractivity contribution in [1.82, 2.24) is 0 Å². The van der Waals surface area contributed by atoms with Gasteiger partial charge in [-0.05, 0) is 54.7 Å². The summed E-state index contributed by atoms with van der Waals surface area (Å²) in [7, 11) is 0. The predicted octanol–water partition coefficient (Wildman–Crippen LogP) is 2.57. The van der Waals surface area contributed by atoms with Crippen LogP contribution in [-0.2, 0) is 19.1 Å². The molecule has 8 heteroatoms. The van der Waals surface area contributed by atoms with Gasteiger partial charge in [0.25, 0.3) is 0 Å². The molecule has 4 unspecified atom stereocenters. The van der Waals surface area contributed by atoms with Crippen LogP contribution in [0, 0.1) is 35.0 Å². The Labute approximate surface area is 210 Å².